The highest BCUT2D eigenvalue weighted by molar-refractivity contribution is 6.01. The number of hydrogen-bond acceptors (Lipinski definition) is 2. The molecule has 2 aromatic carbocycles. The van der Waals surface area contributed by atoms with Crippen molar-refractivity contribution in [2.24, 2.45) is 0 Å². The first kappa shape index (κ1) is 16.6. The molecular weight excluding hydrogens is 302 g/mol. The topological polar surface area (TPSA) is 49.4 Å². The van der Waals surface area contributed by atoms with Crippen LogP contribution in [0.15, 0.2) is 42.5 Å². The fraction of sp³-hybridized carbons (Fsp3) is 0.176. The number of amides is 2. The first-order valence-corrected chi connectivity index (χ1v) is 6.96. The van der Waals surface area contributed by atoms with Gasteiger partial charge in [-0.3, -0.25) is 9.59 Å². The van der Waals surface area contributed by atoms with Crippen LogP contribution in [0.5, 0.6) is 0 Å². The molecule has 0 aromatic heterocycles. The monoisotopic (exact) mass is 318 g/mol. The predicted octanol–water partition coefficient (Wildman–Crippen LogP) is 3.26. The molecule has 4 nitrogen and oxygen atoms in total. The standard InChI is InChI=1S/C17H16F2N2O2/c1-11-4-3-5-13(8-11)20-17(23)10-21(12(2)22)14-6-7-15(18)16(19)9-14/h3-9H,10H2,1-2H3,(H,20,23). The maximum Gasteiger partial charge on any atom is 0.244 e. The Morgan fingerprint density at radius 1 is 1.09 bits per heavy atom. The summed E-state index contributed by atoms with van der Waals surface area (Å²) in [6.45, 7) is 2.84. The molecule has 0 aliphatic heterocycles. The zero-order valence-electron chi connectivity index (χ0n) is 12.8. The van der Waals surface area contributed by atoms with Crippen LogP contribution in [-0.4, -0.2) is 18.4 Å². The van der Waals surface area contributed by atoms with Gasteiger partial charge in [0.25, 0.3) is 0 Å². The van der Waals surface area contributed by atoms with Crippen molar-refractivity contribution in [3.05, 3.63) is 59.7 Å². The summed E-state index contributed by atoms with van der Waals surface area (Å²) in [5.74, 6) is -2.97. The van der Waals surface area contributed by atoms with Crippen molar-refractivity contribution in [3.8, 4) is 0 Å². The van der Waals surface area contributed by atoms with E-state index < -0.39 is 23.4 Å². The molecule has 0 spiro atoms. The second kappa shape index (κ2) is 7.00. The summed E-state index contributed by atoms with van der Waals surface area (Å²) in [6, 6.07) is 10.2. The van der Waals surface area contributed by atoms with Crippen LogP contribution in [0.4, 0.5) is 20.2 Å². The molecule has 0 atom stereocenters. The highest BCUT2D eigenvalue weighted by atomic mass is 19.2. The molecule has 0 bridgehead atoms. The van der Waals surface area contributed by atoms with E-state index in [0.717, 1.165) is 22.6 Å². The van der Waals surface area contributed by atoms with Gasteiger partial charge in [-0.15, -0.1) is 0 Å². The molecule has 2 rings (SSSR count). The fourth-order valence-electron chi connectivity index (χ4n) is 2.10. The molecule has 1 N–H and O–H groups in total. The van der Waals surface area contributed by atoms with E-state index in [9.17, 15) is 18.4 Å². The van der Waals surface area contributed by atoms with Gasteiger partial charge in [0.2, 0.25) is 11.8 Å². The lowest BCUT2D eigenvalue weighted by Gasteiger charge is -2.21. The van der Waals surface area contributed by atoms with E-state index in [1.165, 1.54) is 13.0 Å². The number of anilines is 2. The number of carbonyl (C=O) groups is 2. The van der Waals surface area contributed by atoms with Gasteiger partial charge in [-0.2, -0.15) is 0 Å². The molecule has 120 valence electrons. The zero-order valence-corrected chi connectivity index (χ0v) is 12.8. The first-order valence-electron chi connectivity index (χ1n) is 6.96. The van der Waals surface area contributed by atoms with E-state index in [4.69, 9.17) is 0 Å². The summed E-state index contributed by atoms with van der Waals surface area (Å²) in [4.78, 5) is 24.9. The quantitative estimate of drug-likeness (QED) is 0.940. The van der Waals surface area contributed by atoms with E-state index >= 15 is 0 Å². The number of rotatable bonds is 4. The zero-order chi connectivity index (χ0) is 17.0. The number of aryl methyl sites for hydroxylation is 1. The Balaban J connectivity index is 2.14. The lowest BCUT2D eigenvalue weighted by atomic mass is 10.2. The Morgan fingerprint density at radius 2 is 1.83 bits per heavy atom. The summed E-state index contributed by atoms with van der Waals surface area (Å²) in [6.07, 6.45) is 0. The van der Waals surface area contributed by atoms with Gasteiger partial charge in [-0.25, -0.2) is 8.78 Å². The van der Waals surface area contributed by atoms with Gasteiger partial charge in [-0.05, 0) is 36.8 Å². The molecule has 0 saturated carbocycles. The Labute approximate surface area is 132 Å². The molecule has 0 saturated heterocycles. The molecular formula is C17H16F2N2O2. The smallest absolute Gasteiger partial charge is 0.244 e. The van der Waals surface area contributed by atoms with Crippen LogP contribution in [0.3, 0.4) is 0 Å². The molecule has 0 fully saturated rings. The molecule has 0 aliphatic rings. The highest BCUT2D eigenvalue weighted by Gasteiger charge is 2.17. The number of carbonyl (C=O) groups excluding carboxylic acids is 2. The van der Waals surface area contributed by atoms with Crippen molar-refractivity contribution in [1.82, 2.24) is 0 Å². The molecule has 23 heavy (non-hydrogen) atoms. The minimum absolute atomic E-state index is 0.121. The van der Waals surface area contributed by atoms with Crippen molar-refractivity contribution in [3.63, 3.8) is 0 Å². The lowest BCUT2D eigenvalue weighted by molar-refractivity contribution is -0.120. The Bertz CT molecular complexity index is 747. The summed E-state index contributed by atoms with van der Waals surface area (Å²) >= 11 is 0. The maximum atomic E-state index is 13.3. The predicted molar refractivity (Wildman–Crippen MR) is 84.2 cm³/mol. The maximum absolute atomic E-state index is 13.3. The number of halogens is 2. The van der Waals surface area contributed by atoms with Crippen LogP contribution < -0.4 is 10.2 Å². The average molecular weight is 318 g/mol. The first-order chi connectivity index (χ1) is 10.9. The van der Waals surface area contributed by atoms with Crippen LogP contribution in [0.25, 0.3) is 0 Å². The van der Waals surface area contributed by atoms with Crippen LogP contribution in [0.1, 0.15) is 12.5 Å². The average Bonchev–Trinajstić information content (AvgIpc) is 2.47. The van der Waals surface area contributed by atoms with Gasteiger partial charge >= 0.3 is 0 Å². The Kier molecular flexibility index (Phi) is 5.05. The summed E-state index contributed by atoms with van der Waals surface area (Å²) in [5.41, 5.74) is 1.70. The second-order valence-corrected chi connectivity index (χ2v) is 5.12. The third-order valence-electron chi connectivity index (χ3n) is 3.20. The molecule has 0 radical (unpaired) electrons. The number of benzene rings is 2. The van der Waals surface area contributed by atoms with Gasteiger partial charge in [0.05, 0.1) is 0 Å². The lowest BCUT2D eigenvalue weighted by Crippen LogP contribution is -2.36. The Hall–Kier alpha value is -2.76. The third-order valence-corrected chi connectivity index (χ3v) is 3.20. The summed E-state index contributed by atoms with van der Waals surface area (Å²) in [7, 11) is 0. The van der Waals surface area contributed by atoms with E-state index in [1.54, 1.807) is 18.2 Å². The van der Waals surface area contributed by atoms with Crippen molar-refractivity contribution in [2.75, 3.05) is 16.8 Å². The van der Waals surface area contributed by atoms with Gasteiger partial charge in [0.15, 0.2) is 11.6 Å². The van der Waals surface area contributed by atoms with E-state index in [1.807, 2.05) is 13.0 Å². The van der Waals surface area contributed by atoms with Gasteiger partial charge in [-0.1, -0.05) is 12.1 Å². The van der Waals surface area contributed by atoms with Crippen molar-refractivity contribution in [2.45, 2.75) is 13.8 Å². The normalized spacial score (nSPS) is 10.3. The summed E-state index contributed by atoms with van der Waals surface area (Å²) in [5, 5.41) is 2.66. The van der Waals surface area contributed by atoms with Crippen molar-refractivity contribution >= 4 is 23.2 Å². The van der Waals surface area contributed by atoms with Gasteiger partial charge in [0, 0.05) is 24.4 Å². The fourth-order valence-corrected chi connectivity index (χ4v) is 2.10. The summed E-state index contributed by atoms with van der Waals surface area (Å²) < 4.78 is 26.3. The van der Waals surface area contributed by atoms with E-state index in [2.05, 4.69) is 5.32 Å². The number of hydrogen-bond donors (Lipinski definition) is 1. The number of nitrogens with zero attached hydrogens (tertiary/aromatic N) is 1. The van der Waals surface area contributed by atoms with Gasteiger partial charge in [0.1, 0.15) is 6.54 Å². The van der Waals surface area contributed by atoms with E-state index in [-0.39, 0.29) is 12.2 Å². The van der Waals surface area contributed by atoms with Crippen molar-refractivity contribution < 1.29 is 18.4 Å². The van der Waals surface area contributed by atoms with Crippen LogP contribution in [0.2, 0.25) is 0 Å². The SMILES string of the molecule is CC(=O)N(CC(=O)Nc1cccc(C)c1)c1ccc(F)c(F)c1. The molecule has 2 aromatic rings. The molecule has 0 aliphatic carbocycles. The van der Waals surface area contributed by atoms with Crippen LogP contribution >= 0.6 is 0 Å². The highest BCUT2D eigenvalue weighted by Crippen LogP contribution is 2.18. The van der Waals surface area contributed by atoms with Gasteiger partial charge < -0.3 is 10.2 Å². The third kappa shape index (κ3) is 4.35. The molecule has 6 heteroatoms. The minimum atomic E-state index is -1.08. The molecule has 0 unspecified atom stereocenters. The van der Waals surface area contributed by atoms with Crippen LogP contribution in [-0.2, 0) is 9.59 Å². The van der Waals surface area contributed by atoms with Crippen molar-refractivity contribution in [1.29, 1.82) is 0 Å². The second-order valence-electron chi connectivity index (χ2n) is 5.12. The van der Waals surface area contributed by atoms with E-state index in [0.29, 0.717) is 5.69 Å². The minimum Gasteiger partial charge on any atom is -0.325 e. The largest absolute Gasteiger partial charge is 0.325 e. The van der Waals surface area contributed by atoms with Crippen LogP contribution in [0, 0.1) is 18.6 Å². The number of nitrogens with one attached hydrogen (secondary N) is 1. The molecule has 2 amide bonds. The Morgan fingerprint density at radius 3 is 2.43 bits per heavy atom. The molecule has 0 heterocycles.